The van der Waals surface area contributed by atoms with Gasteiger partial charge in [-0.25, -0.2) is 9.18 Å². The Bertz CT molecular complexity index is 582. The van der Waals surface area contributed by atoms with Gasteiger partial charge in [0.1, 0.15) is 18.0 Å². The van der Waals surface area contributed by atoms with Crippen LogP contribution >= 0.6 is 0 Å². The van der Waals surface area contributed by atoms with E-state index in [-0.39, 0.29) is 24.6 Å². The van der Waals surface area contributed by atoms with Gasteiger partial charge in [-0.05, 0) is 30.5 Å². The fourth-order valence-corrected chi connectivity index (χ4v) is 3.05. The quantitative estimate of drug-likeness (QED) is 0.884. The number of carbonyl (C=O) groups excluding carboxylic acids is 1. The zero-order chi connectivity index (χ0) is 15.2. The SMILES string of the molecule is O=C(O)[C@@H]1C[C@@H](F)CN1C(=O)C1(c2ccc(O)cc2)CC1. The molecular weight excluding hydrogens is 277 g/mol. The van der Waals surface area contributed by atoms with Gasteiger partial charge in [0.05, 0.1) is 12.0 Å². The summed E-state index contributed by atoms with van der Waals surface area (Å²) in [6, 6.07) is 5.25. The topological polar surface area (TPSA) is 77.8 Å². The minimum absolute atomic E-state index is 0.107. The zero-order valence-electron chi connectivity index (χ0n) is 11.3. The number of carbonyl (C=O) groups is 2. The summed E-state index contributed by atoms with van der Waals surface area (Å²) in [4.78, 5) is 25.1. The third-order valence-electron chi connectivity index (χ3n) is 4.38. The molecule has 2 aliphatic rings. The first-order chi connectivity index (χ1) is 9.94. The van der Waals surface area contributed by atoms with Crippen LogP contribution in [0.25, 0.3) is 0 Å². The maximum absolute atomic E-state index is 13.5. The second-order valence-corrected chi connectivity index (χ2v) is 5.77. The third kappa shape index (κ3) is 2.24. The van der Waals surface area contributed by atoms with Gasteiger partial charge in [0.25, 0.3) is 0 Å². The smallest absolute Gasteiger partial charge is 0.326 e. The number of nitrogens with zero attached hydrogens (tertiary/aromatic N) is 1. The number of phenols is 1. The summed E-state index contributed by atoms with van der Waals surface area (Å²) in [5, 5.41) is 18.5. The lowest BCUT2D eigenvalue weighted by atomic mass is 9.94. The van der Waals surface area contributed by atoms with E-state index in [2.05, 4.69) is 0 Å². The fraction of sp³-hybridized carbons (Fsp3) is 0.467. The van der Waals surface area contributed by atoms with Crippen molar-refractivity contribution in [1.82, 2.24) is 4.90 Å². The second kappa shape index (κ2) is 4.72. The van der Waals surface area contributed by atoms with Crippen molar-refractivity contribution in [1.29, 1.82) is 0 Å². The molecule has 112 valence electrons. The molecule has 1 aromatic rings. The molecule has 0 radical (unpaired) electrons. The Morgan fingerprint density at radius 3 is 2.38 bits per heavy atom. The highest BCUT2D eigenvalue weighted by molar-refractivity contribution is 5.94. The van der Waals surface area contributed by atoms with Gasteiger partial charge in [-0.3, -0.25) is 4.79 Å². The molecule has 0 spiro atoms. The Kier molecular flexibility index (Phi) is 3.11. The van der Waals surface area contributed by atoms with Crippen molar-refractivity contribution in [3.8, 4) is 5.75 Å². The van der Waals surface area contributed by atoms with Gasteiger partial charge < -0.3 is 15.1 Å². The first kappa shape index (κ1) is 13.9. The fourth-order valence-electron chi connectivity index (χ4n) is 3.05. The first-order valence-electron chi connectivity index (χ1n) is 6.91. The van der Waals surface area contributed by atoms with Crippen molar-refractivity contribution in [2.75, 3.05) is 6.54 Å². The molecule has 0 bridgehead atoms. The lowest BCUT2D eigenvalue weighted by Gasteiger charge is -2.26. The Balaban J connectivity index is 1.87. The average molecular weight is 293 g/mol. The maximum Gasteiger partial charge on any atom is 0.326 e. The average Bonchev–Trinajstić information content (AvgIpc) is 3.15. The number of carboxylic acids is 1. The van der Waals surface area contributed by atoms with Gasteiger partial charge in [-0.15, -0.1) is 0 Å². The monoisotopic (exact) mass is 293 g/mol. The van der Waals surface area contributed by atoms with Gasteiger partial charge in [0, 0.05) is 6.42 Å². The van der Waals surface area contributed by atoms with E-state index in [0.717, 1.165) is 10.5 Å². The lowest BCUT2D eigenvalue weighted by Crippen LogP contribution is -2.45. The number of amides is 1. The van der Waals surface area contributed by atoms with Crippen LogP contribution in [0.1, 0.15) is 24.8 Å². The molecule has 3 rings (SSSR count). The van der Waals surface area contributed by atoms with Crippen LogP contribution in [0.2, 0.25) is 0 Å². The van der Waals surface area contributed by atoms with Crippen LogP contribution in [0.4, 0.5) is 4.39 Å². The second-order valence-electron chi connectivity index (χ2n) is 5.77. The number of benzene rings is 1. The summed E-state index contributed by atoms with van der Waals surface area (Å²) in [6.07, 6.45) is -0.190. The van der Waals surface area contributed by atoms with E-state index in [1.807, 2.05) is 0 Å². The lowest BCUT2D eigenvalue weighted by molar-refractivity contribution is -0.149. The van der Waals surface area contributed by atoms with Gasteiger partial charge in [-0.2, -0.15) is 0 Å². The highest BCUT2D eigenvalue weighted by Crippen LogP contribution is 2.50. The highest BCUT2D eigenvalue weighted by Gasteiger charge is 2.56. The summed E-state index contributed by atoms with van der Waals surface area (Å²) in [5.74, 6) is -1.37. The molecule has 1 aliphatic carbocycles. The van der Waals surface area contributed by atoms with Gasteiger partial charge in [-0.1, -0.05) is 12.1 Å². The minimum Gasteiger partial charge on any atom is -0.508 e. The molecule has 0 unspecified atom stereocenters. The number of hydrogen-bond donors (Lipinski definition) is 2. The molecule has 6 heteroatoms. The van der Waals surface area contributed by atoms with Gasteiger partial charge in [0.15, 0.2) is 0 Å². The van der Waals surface area contributed by atoms with Gasteiger partial charge in [0.2, 0.25) is 5.91 Å². The Hall–Kier alpha value is -2.11. The highest BCUT2D eigenvalue weighted by atomic mass is 19.1. The largest absolute Gasteiger partial charge is 0.508 e. The summed E-state index contributed by atoms with van der Waals surface area (Å²) >= 11 is 0. The number of phenolic OH excluding ortho intramolecular Hbond substituents is 1. The number of aliphatic carboxylic acids is 1. The van der Waals surface area contributed by atoms with E-state index >= 15 is 0 Å². The number of likely N-dealkylation sites (tertiary alicyclic amines) is 1. The van der Waals surface area contributed by atoms with Crippen molar-refractivity contribution in [3.05, 3.63) is 29.8 Å². The molecule has 21 heavy (non-hydrogen) atoms. The summed E-state index contributed by atoms with van der Waals surface area (Å²) in [5.41, 5.74) is 0.00240. The number of alkyl halides is 1. The van der Waals surface area contributed by atoms with E-state index in [4.69, 9.17) is 5.11 Å². The molecule has 1 saturated carbocycles. The van der Waals surface area contributed by atoms with E-state index < -0.39 is 23.6 Å². The molecular formula is C15H16FNO4. The van der Waals surface area contributed by atoms with Crippen LogP contribution in [-0.2, 0) is 15.0 Å². The minimum atomic E-state index is -1.29. The summed E-state index contributed by atoms with van der Waals surface area (Å²) < 4.78 is 13.5. The molecule has 1 aromatic carbocycles. The zero-order valence-corrected chi connectivity index (χ0v) is 11.3. The summed E-state index contributed by atoms with van der Waals surface area (Å²) in [7, 11) is 0. The predicted molar refractivity (Wildman–Crippen MR) is 71.7 cm³/mol. The Labute approximate surface area is 121 Å². The van der Waals surface area contributed by atoms with Crippen molar-refractivity contribution in [2.45, 2.75) is 36.9 Å². The molecule has 2 atom stereocenters. The number of aromatic hydroxyl groups is 1. The standard InChI is InChI=1S/C15H16FNO4/c16-10-7-12(13(19)20)17(8-10)14(21)15(5-6-15)9-1-3-11(18)4-2-9/h1-4,10,12,18H,5-8H2,(H,19,20)/t10-,12+/m1/s1. The van der Waals surface area contributed by atoms with Crippen molar-refractivity contribution >= 4 is 11.9 Å². The Morgan fingerprint density at radius 2 is 1.86 bits per heavy atom. The predicted octanol–water partition coefficient (Wildman–Crippen LogP) is 1.45. The Morgan fingerprint density at radius 1 is 1.24 bits per heavy atom. The van der Waals surface area contributed by atoms with Gasteiger partial charge >= 0.3 is 5.97 Å². The van der Waals surface area contributed by atoms with Crippen LogP contribution in [0.15, 0.2) is 24.3 Å². The molecule has 1 heterocycles. The normalized spacial score (nSPS) is 26.6. The number of hydrogen-bond acceptors (Lipinski definition) is 3. The van der Waals surface area contributed by atoms with Crippen LogP contribution in [0.3, 0.4) is 0 Å². The molecule has 5 nitrogen and oxygen atoms in total. The van der Waals surface area contributed by atoms with E-state index in [9.17, 15) is 19.1 Å². The van der Waals surface area contributed by atoms with E-state index in [1.54, 1.807) is 12.1 Å². The van der Waals surface area contributed by atoms with E-state index in [1.165, 1.54) is 12.1 Å². The van der Waals surface area contributed by atoms with Crippen LogP contribution in [0, 0.1) is 0 Å². The molecule has 2 N–H and O–H groups in total. The van der Waals surface area contributed by atoms with Crippen molar-refractivity contribution < 1.29 is 24.2 Å². The van der Waals surface area contributed by atoms with Crippen LogP contribution < -0.4 is 0 Å². The van der Waals surface area contributed by atoms with Crippen LogP contribution in [-0.4, -0.2) is 45.7 Å². The molecule has 0 aromatic heterocycles. The van der Waals surface area contributed by atoms with Crippen molar-refractivity contribution in [3.63, 3.8) is 0 Å². The number of halogens is 1. The maximum atomic E-state index is 13.5. The van der Waals surface area contributed by atoms with Crippen molar-refractivity contribution in [2.24, 2.45) is 0 Å². The molecule has 1 saturated heterocycles. The number of carboxylic acid groups (broad SMARTS) is 1. The number of rotatable bonds is 3. The van der Waals surface area contributed by atoms with E-state index in [0.29, 0.717) is 12.8 Å². The molecule has 2 fully saturated rings. The van der Waals surface area contributed by atoms with Crippen LogP contribution in [0.5, 0.6) is 5.75 Å². The first-order valence-corrected chi connectivity index (χ1v) is 6.91. The summed E-state index contributed by atoms with van der Waals surface area (Å²) in [6.45, 7) is -0.157. The molecule has 1 amide bonds. The molecule has 1 aliphatic heterocycles. The third-order valence-corrected chi connectivity index (χ3v) is 4.38.